The fourth-order valence-electron chi connectivity index (χ4n) is 1.76. The van der Waals surface area contributed by atoms with E-state index in [4.69, 9.17) is 10.8 Å². The van der Waals surface area contributed by atoms with E-state index in [-0.39, 0.29) is 0 Å². The number of primary amides is 1. The molecule has 8 heteroatoms. The molecule has 0 radical (unpaired) electrons. The molecule has 0 bridgehead atoms. The summed E-state index contributed by atoms with van der Waals surface area (Å²) in [6.45, 7) is 0. The number of nitrogens with zero attached hydrogens (tertiary/aromatic N) is 1. The number of amides is 3. The smallest absolute Gasteiger partial charge is 0.327 e. The zero-order valence-electron chi connectivity index (χ0n) is 10.4. The molecule has 1 heterocycles. The number of anilines is 1. The van der Waals surface area contributed by atoms with Crippen LogP contribution in [-0.2, 0) is 4.79 Å². The Balaban J connectivity index is 2.04. The van der Waals surface area contributed by atoms with Crippen LogP contribution < -0.4 is 11.1 Å². The number of nitrogens with one attached hydrogen (secondary N) is 1. The molecule has 1 aromatic rings. The first kappa shape index (κ1) is 14.2. The maximum Gasteiger partial charge on any atom is 0.327 e. The van der Waals surface area contributed by atoms with Crippen LogP contribution in [0.5, 0.6) is 0 Å². The van der Waals surface area contributed by atoms with Crippen LogP contribution in [0.4, 0.5) is 10.5 Å². The SMILES string of the molecule is NC(=O)c1ccc(NC(=O)N2CSCC2C(=O)O)cc1. The van der Waals surface area contributed by atoms with Crippen LogP contribution in [0.25, 0.3) is 0 Å². The van der Waals surface area contributed by atoms with Crippen molar-refractivity contribution in [3.8, 4) is 0 Å². The number of carbonyl (C=O) groups is 3. The molecule has 1 atom stereocenters. The van der Waals surface area contributed by atoms with Gasteiger partial charge in [-0.1, -0.05) is 0 Å². The van der Waals surface area contributed by atoms with E-state index in [2.05, 4.69) is 5.32 Å². The van der Waals surface area contributed by atoms with Gasteiger partial charge in [-0.05, 0) is 24.3 Å². The van der Waals surface area contributed by atoms with Crippen LogP contribution in [0.2, 0.25) is 0 Å². The number of carboxylic acids is 1. The van der Waals surface area contributed by atoms with Gasteiger partial charge >= 0.3 is 12.0 Å². The first-order valence-electron chi connectivity index (χ1n) is 5.77. The second-order valence-electron chi connectivity index (χ2n) is 4.20. The minimum Gasteiger partial charge on any atom is -0.480 e. The molecule has 1 unspecified atom stereocenters. The van der Waals surface area contributed by atoms with Crippen LogP contribution in [0, 0.1) is 0 Å². The van der Waals surface area contributed by atoms with Gasteiger partial charge in [0.1, 0.15) is 6.04 Å². The molecule has 1 aliphatic rings. The van der Waals surface area contributed by atoms with Gasteiger partial charge in [-0.15, -0.1) is 11.8 Å². The normalized spacial score (nSPS) is 17.8. The summed E-state index contributed by atoms with van der Waals surface area (Å²) < 4.78 is 0. The Kier molecular flexibility index (Phi) is 4.14. The Morgan fingerprint density at radius 1 is 1.30 bits per heavy atom. The molecule has 1 fully saturated rings. The van der Waals surface area contributed by atoms with Crippen molar-refractivity contribution in [2.45, 2.75) is 6.04 Å². The molecular weight excluding hydrogens is 282 g/mol. The highest BCUT2D eigenvalue weighted by Gasteiger charge is 2.34. The molecule has 2 rings (SSSR count). The lowest BCUT2D eigenvalue weighted by molar-refractivity contribution is -0.140. The van der Waals surface area contributed by atoms with Crippen LogP contribution in [-0.4, -0.2) is 45.6 Å². The van der Waals surface area contributed by atoms with Gasteiger partial charge in [0.25, 0.3) is 0 Å². The average Bonchev–Trinajstić information content (AvgIpc) is 2.88. The van der Waals surface area contributed by atoms with Crippen LogP contribution >= 0.6 is 11.8 Å². The summed E-state index contributed by atoms with van der Waals surface area (Å²) in [5.41, 5.74) is 5.92. The number of hydrogen-bond acceptors (Lipinski definition) is 4. The van der Waals surface area contributed by atoms with E-state index in [1.807, 2.05) is 0 Å². The summed E-state index contributed by atoms with van der Waals surface area (Å²) in [7, 11) is 0. The molecule has 1 aromatic carbocycles. The maximum atomic E-state index is 12.0. The van der Waals surface area contributed by atoms with Crippen molar-refractivity contribution in [3.63, 3.8) is 0 Å². The fourth-order valence-corrected chi connectivity index (χ4v) is 2.91. The molecule has 106 valence electrons. The van der Waals surface area contributed by atoms with Gasteiger partial charge in [-0.2, -0.15) is 0 Å². The fraction of sp³-hybridized carbons (Fsp3) is 0.250. The van der Waals surface area contributed by atoms with E-state index in [0.29, 0.717) is 22.9 Å². The Morgan fingerprint density at radius 2 is 1.95 bits per heavy atom. The number of carboxylic acid groups (broad SMARTS) is 1. The van der Waals surface area contributed by atoms with E-state index in [1.54, 1.807) is 0 Å². The second kappa shape index (κ2) is 5.83. The van der Waals surface area contributed by atoms with Gasteiger partial charge in [-0.3, -0.25) is 4.79 Å². The number of rotatable bonds is 3. The van der Waals surface area contributed by atoms with Crippen LogP contribution in [0.3, 0.4) is 0 Å². The van der Waals surface area contributed by atoms with Crippen molar-refractivity contribution in [1.29, 1.82) is 0 Å². The van der Waals surface area contributed by atoms with Crippen molar-refractivity contribution in [2.75, 3.05) is 16.9 Å². The van der Waals surface area contributed by atoms with Crippen molar-refractivity contribution < 1.29 is 19.5 Å². The largest absolute Gasteiger partial charge is 0.480 e. The van der Waals surface area contributed by atoms with Gasteiger partial charge in [0.05, 0.1) is 5.88 Å². The number of carbonyl (C=O) groups excluding carboxylic acids is 2. The van der Waals surface area contributed by atoms with Crippen LogP contribution in [0.15, 0.2) is 24.3 Å². The monoisotopic (exact) mass is 295 g/mol. The van der Waals surface area contributed by atoms with Crippen molar-refractivity contribution in [1.82, 2.24) is 4.90 Å². The molecule has 1 aliphatic heterocycles. The predicted octanol–water partition coefficient (Wildman–Crippen LogP) is 0.777. The van der Waals surface area contributed by atoms with E-state index in [1.165, 1.54) is 40.9 Å². The third-order valence-electron chi connectivity index (χ3n) is 2.85. The minimum atomic E-state index is -1.02. The highest BCUT2D eigenvalue weighted by Crippen LogP contribution is 2.22. The number of benzene rings is 1. The molecule has 0 saturated carbocycles. The second-order valence-corrected chi connectivity index (χ2v) is 5.20. The quantitative estimate of drug-likeness (QED) is 0.762. The zero-order chi connectivity index (χ0) is 14.7. The van der Waals surface area contributed by atoms with E-state index < -0.39 is 23.9 Å². The van der Waals surface area contributed by atoms with Crippen molar-refractivity contribution in [2.24, 2.45) is 5.73 Å². The summed E-state index contributed by atoms with van der Waals surface area (Å²) in [4.78, 5) is 35.2. The Hall–Kier alpha value is -2.22. The minimum absolute atomic E-state index is 0.335. The van der Waals surface area contributed by atoms with Crippen LogP contribution in [0.1, 0.15) is 10.4 Å². The lowest BCUT2D eigenvalue weighted by Crippen LogP contribution is -2.43. The number of urea groups is 1. The first-order valence-corrected chi connectivity index (χ1v) is 6.92. The van der Waals surface area contributed by atoms with E-state index >= 15 is 0 Å². The molecule has 20 heavy (non-hydrogen) atoms. The van der Waals surface area contributed by atoms with Gasteiger partial charge in [0.2, 0.25) is 5.91 Å². The summed E-state index contributed by atoms with van der Waals surface area (Å²) in [5.74, 6) is -0.857. The maximum absolute atomic E-state index is 12.0. The topological polar surface area (TPSA) is 113 Å². The summed E-state index contributed by atoms with van der Waals surface area (Å²) >= 11 is 1.39. The van der Waals surface area contributed by atoms with Crippen molar-refractivity contribution >= 4 is 35.4 Å². The number of thioether (sulfide) groups is 1. The molecule has 1 saturated heterocycles. The summed E-state index contributed by atoms with van der Waals surface area (Å²) in [6.07, 6.45) is 0. The first-order chi connectivity index (χ1) is 9.49. The van der Waals surface area contributed by atoms with Crippen molar-refractivity contribution in [3.05, 3.63) is 29.8 Å². The Bertz CT molecular complexity index is 546. The molecule has 4 N–H and O–H groups in total. The van der Waals surface area contributed by atoms with Gasteiger partial charge in [0.15, 0.2) is 0 Å². The lowest BCUT2D eigenvalue weighted by atomic mass is 10.2. The zero-order valence-corrected chi connectivity index (χ0v) is 11.2. The average molecular weight is 295 g/mol. The van der Waals surface area contributed by atoms with Gasteiger partial charge in [-0.25, -0.2) is 9.59 Å². The van der Waals surface area contributed by atoms with Gasteiger partial charge in [0, 0.05) is 17.0 Å². The highest BCUT2D eigenvalue weighted by atomic mass is 32.2. The molecule has 7 nitrogen and oxygen atoms in total. The third kappa shape index (κ3) is 3.02. The number of nitrogens with two attached hydrogens (primary N) is 1. The third-order valence-corrected chi connectivity index (χ3v) is 3.86. The Morgan fingerprint density at radius 3 is 2.50 bits per heavy atom. The van der Waals surface area contributed by atoms with E-state index in [0.717, 1.165) is 0 Å². The molecule has 0 aliphatic carbocycles. The Labute approximate surface area is 119 Å². The molecule has 0 spiro atoms. The standard InChI is InChI=1S/C12H13N3O4S/c13-10(16)7-1-3-8(4-2-7)14-12(19)15-6-20-5-9(15)11(17)18/h1-4,9H,5-6H2,(H2,13,16)(H,14,19)(H,17,18). The predicted molar refractivity (Wildman–Crippen MR) is 74.6 cm³/mol. The number of aliphatic carboxylic acids is 1. The van der Waals surface area contributed by atoms with E-state index in [9.17, 15) is 14.4 Å². The molecule has 0 aromatic heterocycles. The summed E-state index contributed by atoms with van der Waals surface area (Å²) in [6, 6.07) is 4.77. The summed E-state index contributed by atoms with van der Waals surface area (Å²) in [5, 5.41) is 11.6. The highest BCUT2D eigenvalue weighted by molar-refractivity contribution is 7.99. The molecular formula is C12H13N3O4S. The lowest BCUT2D eigenvalue weighted by Gasteiger charge is -2.20. The number of hydrogen-bond donors (Lipinski definition) is 3. The van der Waals surface area contributed by atoms with Gasteiger partial charge < -0.3 is 21.1 Å². The molecule has 3 amide bonds.